The Morgan fingerprint density at radius 1 is 1.15 bits per heavy atom. The van der Waals surface area contributed by atoms with Gasteiger partial charge in [-0.3, -0.25) is 0 Å². The Kier molecular flexibility index (Phi) is 4.77. The number of hydrogen-bond acceptors (Lipinski definition) is 5. The number of rotatable bonds is 6. The summed E-state index contributed by atoms with van der Waals surface area (Å²) >= 11 is 0. The smallest absolute Gasteiger partial charge is 0.214 e. The number of nitrogens with two attached hydrogens (primary N) is 1. The summed E-state index contributed by atoms with van der Waals surface area (Å²) in [6.45, 7) is 0.751. The molecule has 104 valence electrons. The number of pyridine rings is 1. The second kappa shape index (κ2) is 6.98. The van der Waals surface area contributed by atoms with E-state index in [0.29, 0.717) is 24.7 Å². The average Bonchev–Trinajstić information content (AvgIpc) is 2.52. The molecule has 6 nitrogen and oxygen atoms in total. The molecule has 2 aromatic rings. The van der Waals surface area contributed by atoms with E-state index < -0.39 is 0 Å². The molecule has 0 saturated carbocycles. The molecule has 0 unspecified atom stereocenters. The van der Waals surface area contributed by atoms with E-state index in [0.717, 1.165) is 5.75 Å². The highest BCUT2D eigenvalue weighted by molar-refractivity contribution is 5.97. The van der Waals surface area contributed by atoms with Crippen LogP contribution in [-0.4, -0.2) is 29.2 Å². The lowest BCUT2D eigenvalue weighted by Gasteiger charge is -2.08. The quantitative estimate of drug-likeness (QED) is 0.274. The van der Waals surface area contributed by atoms with Gasteiger partial charge in [0.05, 0.1) is 0 Å². The van der Waals surface area contributed by atoms with Crippen molar-refractivity contribution in [1.29, 1.82) is 0 Å². The molecule has 0 atom stereocenters. The fraction of sp³-hybridized carbons (Fsp3) is 0.143. The van der Waals surface area contributed by atoms with Crippen LogP contribution in [0.4, 0.5) is 0 Å². The molecule has 0 radical (unpaired) electrons. The van der Waals surface area contributed by atoms with Gasteiger partial charge in [0.2, 0.25) is 5.88 Å². The fourth-order valence-electron chi connectivity index (χ4n) is 1.53. The van der Waals surface area contributed by atoms with Crippen LogP contribution in [0.5, 0.6) is 11.6 Å². The standard InChI is InChI=1S/C14H15N3O3/c15-14(17-18)11-6-7-16-13(10-11)20-9-8-19-12-4-2-1-3-5-12/h1-7,10,18H,8-9H2,(H2,15,17). The van der Waals surface area contributed by atoms with Crippen LogP contribution in [-0.2, 0) is 0 Å². The SMILES string of the molecule is N/C(=N\O)c1ccnc(OCCOc2ccccc2)c1. The van der Waals surface area contributed by atoms with Crippen LogP contribution < -0.4 is 15.2 Å². The summed E-state index contributed by atoms with van der Waals surface area (Å²) in [7, 11) is 0. The highest BCUT2D eigenvalue weighted by Gasteiger charge is 2.02. The van der Waals surface area contributed by atoms with E-state index in [9.17, 15) is 0 Å². The molecule has 0 fully saturated rings. The number of oxime groups is 1. The van der Waals surface area contributed by atoms with Gasteiger partial charge in [0.1, 0.15) is 19.0 Å². The van der Waals surface area contributed by atoms with Crippen molar-refractivity contribution in [3.8, 4) is 11.6 Å². The van der Waals surface area contributed by atoms with E-state index in [1.807, 2.05) is 30.3 Å². The van der Waals surface area contributed by atoms with Crippen molar-refractivity contribution in [2.45, 2.75) is 0 Å². The zero-order chi connectivity index (χ0) is 14.2. The Morgan fingerprint density at radius 3 is 2.65 bits per heavy atom. The van der Waals surface area contributed by atoms with Crippen LogP contribution >= 0.6 is 0 Å². The Bertz CT molecular complexity index is 573. The first-order valence-corrected chi connectivity index (χ1v) is 6.04. The molecule has 3 N–H and O–H groups in total. The summed E-state index contributed by atoms with van der Waals surface area (Å²) in [5, 5.41) is 11.5. The van der Waals surface area contributed by atoms with E-state index in [-0.39, 0.29) is 5.84 Å². The molecule has 0 aliphatic heterocycles. The topological polar surface area (TPSA) is 90.0 Å². The van der Waals surface area contributed by atoms with Gasteiger partial charge in [-0.2, -0.15) is 0 Å². The lowest BCUT2D eigenvalue weighted by molar-refractivity contribution is 0.212. The zero-order valence-corrected chi connectivity index (χ0v) is 10.8. The molecule has 0 aliphatic rings. The van der Waals surface area contributed by atoms with Gasteiger partial charge in [0, 0.05) is 17.8 Å². The lowest BCUT2D eigenvalue weighted by Crippen LogP contribution is -2.14. The summed E-state index contributed by atoms with van der Waals surface area (Å²) in [5.74, 6) is 1.19. The van der Waals surface area contributed by atoms with Crippen molar-refractivity contribution in [2.24, 2.45) is 10.9 Å². The van der Waals surface area contributed by atoms with E-state index in [1.54, 1.807) is 12.1 Å². The monoisotopic (exact) mass is 273 g/mol. The molecule has 1 aromatic carbocycles. The minimum Gasteiger partial charge on any atom is -0.490 e. The van der Waals surface area contributed by atoms with Gasteiger partial charge >= 0.3 is 0 Å². The maximum Gasteiger partial charge on any atom is 0.214 e. The van der Waals surface area contributed by atoms with Crippen molar-refractivity contribution in [3.63, 3.8) is 0 Å². The molecule has 6 heteroatoms. The molecule has 0 amide bonds. The van der Waals surface area contributed by atoms with Crippen molar-refractivity contribution in [1.82, 2.24) is 4.98 Å². The first-order valence-electron chi connectivity index (χ1n) is 6.04. The summed E-state index contributed by atoms with van der Waals surface area (Å²) < 4.78 is 10.9. The van der Waals surface area contributed by atoms with Gasteiger partial charge in [-0.1, -0.05) is 23.4 Å². The number of benzene rings is 1. The van der Waals surface area contributed by atoms with Crippen molar-refractivity contribution in [2.75, 3.05) is 13.2 Å². The van der Waals surface area contributed by atoms with Gasteiger partial charge in [-0.05, 0) is 18.2 Å². The molecular weight excluding hydrogens is 258 g/mol. The first kappa shape index (κ1) is 13.7. The molecule has 0 aliphatic carbocycles. The number of nitrogens with zero attached hydrogens (tertiary/aromatic N) is 2. The van der Waals surface area contributed by atoms with Crippen molar-refractivity contribution >= 4 is 5.84 Å². The van der Waals surface area contributed by atoms with Crippen molar-refractivity contribution < 1.29 is 14.7 Å². The second-order valence-corrected chi connectivity index (χ2v) is 3.88. The van der Waals surface area contributed by atoms with Crippen molar-refractivity contribution in [3.05, 3.63) is 54.2 Å². The molecule has 20 heavy (non-hydrogen) atoms. The van der Waals surface area contributed by atoms with E-state index >= 15 is 0 Å². The van der Waals surface area contributed by atoms with Crippen LogP contribution in [0.25, 0.3) is 0 Å². The van der Waals surface area contributed by atoms with Crippen LogP contribution in [0.2, 0.25) is 0 Å². The summed E-state index contributed by atoms with van der Waals surface area (Å²) in [6, 6.07) is 12.7. The predicted molar refractivity (Wildman–Crippen MR) is 74.2 cm³/mol. The van der Waals surface area contributed by atoms with Gasteiger partial charge in [0.25, 0.3) is 0 Å². The minimum atomic E-state index is 0.0118. The predicted octanol–water partition coefficient (Wildman–Crippen LogP) is 1.63. The Hall–Kier alpha value is -2.76. The number of para-hydroxylation sites is 1. The van der Waals surface area contributed by atoms with Crippen LogP contribution in [0, 0.1) is 0 Å². The maximum atomic E-state index is 8.60. The molecular formula is C14H15N3O3. The highest BCUT2D eigenvalue weighted by atomic mass is 16.5. The third-order valence-corrected chi connectivity index (χ3v) is 2.48. The minimum absolute atomic E-state index is 0.0118. The van der Waals surface area contributed by atoms with E-state index in [1.165, 1.54) is 6.20 Å². The van der Waals surface area contributed by atoms with Gasteiger partial charge in [-0.25, -0.2) is 4.98 Å². The van der Waals surface area contributed by atoms with Gasteiger partial charge in [-0.15, -0.1) is 0 Å². The van der Waals surface area contributed by atoms with E-state index in [2.05, 4.69) is 10.1 Å². The zero-order valence-electron chi connectivity index (χ0n) is 10.8. The Labute approximate surface area is 116 Å². The second-order valence-electron chi connectivity index (χ2n) is 3.88. The van der Waals surface area contributed by atoms with Gasteiger partial charge in [0.15, 0.2) is 5.84 Å². The number of amidine groups is 1. The molecule has 0 saturated heterocycles. The third-order valence-electron chi connectivity index (χ3n) is 2.48. The highest BCUT2D eigenvalue weighted by Crippen LogP contribution is 2.10. The van der Waals surface area contributed by atoms with Crippen LogP contribution in [0.3, 0.4) is 0 Å². The average molecular weight is 273 g/mol. The number of aromatic nitrogens is 1. The molecule has 1 aromatic heterocycles. The summed E-state index contributed by atoms with van der Waals surface area (Å²) in [6.07, 6.45) is 1.53. The van der Waals surface area contributed by atoms with Crippen LogP contribution in [0.1, 0.15) is 5.56 Å². The Balaban J connectivity index is 1.82. The lowest BCUT2D eigenvalue weighted by atomic mass is 10.2. The van der Waals surface area contributed by atoms with E-state index in [4.69, 9.17) is 20.4 Å². The molecule has 1 heterocycles. The summed E-state index contributed by atoms with van der Waals surface area (Å²) in [4.78, 5) is 4.03. The maximum absolute atomic E-state index is 8.60. The van der Waals surface area contributed by atoms with Crippen LogP contribution in [0.15, 0.2) is 53.8 Å². The number of hydrogen-bond donors (Lipinski definition) is 2. The molecule has 0 bridgehead atoms. The largest absolute Gasteiger partial charge is 0.490 e. The third kappa shape index (κ3) is 3.88. The Morgan fingerprint density at radius 2 is 1.90 bits per heavy atom. The number of ether oxygens (including phenoxy) is 2. The van der Waals surface area contributed by atoms with Gasteiger partial charge < -0.3 is 20.4 Å². The fourth-order valence-corrected chi connectivity index (χ4v) is 1.53. The summed E-state index contributed by atoms with van der Waals surface area (Å²) in [5.41, 5.74) is 6.03. The first-order chi connectivity index (χ1) is 9.79. The molecule has 0 spiro atoms. The normalized spacial score (nSPS) is 11.1. The molecule has 2 rings (SSSR count).